The molecule has 0 radical (unpaired) electrons. The number of carbonyl (C=O) groups excluding carboxylic acids is 2. The van der Waals surface area contributed by atoms with Gasteiger partial charge in [-0.15, -0.1) is 0 Å². The lowest BCUT2D eigenvalue weighted by atomic mass is 9.96. The molecule has 0 bridgehead atoms. The van der Waals surface area contributed by atoms with Gasteiger partial charge in [-0.05, 0) is 83.7 Å². The summed E-state index contributed by atoms with van der Waals surface area (Å²) in [6.07, 6.45) is 1.73. The maximum absolute atomic E-state index is 13.7. The summed E-state index contributed by atoms with van der Waals surface area (Å²) < 4.78 is 8.21. The average molecular weight is 619 g/mol. The summed E-state index contributed by atoms with van der Waals surface area (Å²) in [5.74, 6) is -2.04. The van der Waals surface area contributed by atoms with Crippen molar-refractivity contribution in [2.24, 2.45) is 0 Å². The molecule has 0 spiro atoms. The topological polar surface area (TPSA) is 117 Å². The molecule has 9 nitrogen and oxygen atoms in total. The molecule has 1 amide bonds. The highest BCUT2D eigenvalue weighted by molar-refractivity contribution is 9.10. The normalized spacial score (nSPS) is 16.9. The number of aliphatic hydroxyl groups excluding tert-OH is 1. The Kier molecular flexibility index (Phi) is 6.15. The van der Waals surface area contributed by atoms with Crippen LogP contribution in [0.3, 0.4) is 0 Å². The molecule has 11 heteroatoms. The number of hydrogen-bond acceptors (Lipinski definition) is 8. The quantitative estimate of drug-likeness (QED) is 0.145. The number of aromatic nitrogens is 3. The van der Waals surface area contributed by atoms with E-state index in [2.05, 4.69) is 20.9 Å². The summed E-state index contributed by atoms with van der Waals surface area (Å²) in [5, 5.41) is 22.5. The molecular formula is C29H23BrN4O5S. The maximum Gasteiger partial charge on any atom is 0.301 e. The molecule has 6 rings (SSSR count). The minimum Gasteiger partial charge on any atom is -0.505 e. The Bertz CT molecular complexity index is 1920. The first-order chi connectivity index (χ1) is 19.1. The summed E-state index contributed by atoms with van der Waals surface area (Å²) >= 11 is 4.64. The van der Waals surface area contributed by atoms with Gasteiger partial charge in [0, 0.05) is 6.20 Å². The van der Waals surface area contributed by atoms with Crippen molar-refractivity contribution < 1.29 is 24.5 Å². The van der Waals surface area contributed by atoms with E-state index in [1.54, 1.807) is 41.8 Å². The molecule has 1 atom stereocenters. The number of pyridine rings is 1. The Morgan fingerprint density at radius 1 is 1.10 bits per heavy atom. The Morgan fingerprint density at radius 2 is 1.88 bits per heavy atom. The van der Waals surface area contributed by atoms with Crippen molar-refractivity contribution in [3.63, 3.8) is 0 Å². The number of hydrogen-bond donors (Lipinski definition) is 2. The van der Waals surface area contributed by atoms with Crippen molar-refractivity contribution in [1.29, 1.82) is 0 Å². The number of carbonyl (C=O) groups is 2. The SMILES string of the molecule is COc1cc(C2C(=C(O)c3c(C)nc4ccccn34)C(=O)C(=O)N2c2nc3c(C)cc(C)cc3s2)cc(Br)c1O. The van der Waals surface area contributed by atoms with Crippen molar-refractivity contribution in [3.05, 3.63) is 86.8 Å². The van der Waals surface area contributed by atoms with Gasteiger partial charge < -0.3 is 14.9 Å². The van der Waals surface area contributed by atoms with E-state index >= 15 is 0 Å². The van der Waals surface area contributed by atoms with Crippen molar-refractivity contribution in [1.82, 2.24) is 14.4 Å². The summed E-state index contributed by atoms with van der Waals surface area (Å²) in [4.78, 5) is 38.1. The lowest BCUT2D eigenvalue weighted by Gasteiger charge is -2.24. The van der Waals surface area contributed by atoms with Crippen LogP contribution in [0, 0.1) is 20.8 Å². The molecule has 1 aliphatic rings. The number of halogens is 1. The highest BCUT2D eigenvalue weighted by atomic mass is 79.9. The number of nitrogens with zero attached hydrogens (tertiary/aromatic N) is 4. The van der Waals surface area contributed by atoms with Crippen LogP contribution in [0.1, 0.15) is 34.1 Å². The van der Waals surface area contributed by atoms with Crippen molar-refractivity contribution in [2.75, 3.05) is 12.0 Å². The highest BCUT2D eigenvalue weighted by Gasteiger charge is 2.49. The van der Waals surface area contributed by atoms with Crippen LogP contribution in [-0.4, -0.2) is 43.4 Å². The number of rotatable bonds is 4. The third-order valence-electron chi connectivity index (χ3n) is 6.98. The number of amides is 1. The molecule has 40 heavy (non-hydrogen) atoms. The molecule has 4 heterocycles. The number of aliphatic hydroxyl groups is 1. The first-order valence-corrected chi connectivity index (χ1v) is 13.9. The number of phenols is 1. The molecule has 1 fully saturated rings. The fraction of sp³-hybridized carbons (Fsp3) is 0.172. The average Bonchev–Trinajstić information content (AvgIpc) is 3.56. The van der Waals surface area contributed by atoms with Crippen molar-refractivity contribution in [3.8, 4) is 11.5 Å². The van der Waals surface area contributed by atoms with Crippen molar-refractivity contribution >= 4 is 65.7 Å². The highest BCUT2D eigenvalue weighted by Crippen LogP contribution is 2.47. The zero-order chi connectivity index (χ0) is 28.5. The number of Topliss-reactive ketones (excluding diaryl/α,β-unsaturated/α-hetero) is 1. The van der Waals surface area contributed by atoms with E-state index in [0.717, 1.165) is 21.3 Å². The number of aryl methyl sites for hydroxylation is 3. The zero-order valence-corrected chi connectivity index (χ0v) is 24.3. The number of fused-ring (bicyclic) bond motifs is 2. The molecule has 1 saturated heterocycles. The van der Waals surface area contributed by atoms with Gasteiger partial charge in [-0.3, -0.25) is 18.9 Å². The minimum atomic E-state index is -1.07. The number of ketones is 1. The van der Waals surface area contributed by atoms with E-state index in [9.17, 15) is 19.8 Å². The van der Waals surface area contributed by atoms with Crippen LogP contribution < -0.4 is 9.64 Å². The number of aromatic hydroxyl groups is 1. The molecule has 1 unspecified atom stereocenters. The van der Waals surface area contributed by atoms with Gasteiger partial charge in [-0.25, -0.2) is 9.97 Å². The van der Waals surface area contributed by atoms with Gasteiger partial charge in [-0.1, -0.05) is 23.5 Å². The maximum atomic E-state index is 13.7. The molecule has 3 aromatic heterocycles. The molecular weight excluding hydrogens is 596 g/mol. The largest absolute Gasteiger partial charge is 0.505 e. The lowest BCUT2D eigenvalue weighted by molar-refractivity contribution is -0.132. The third kappa shape index (κ3) is 3.88. The van der Waals surface area contributed by atoms with Gasteiger partial charge in [0.15, 0.2) is 22.4 Å². The van der Waals surface area contributed by atoms with Gasteiger partial charge in [0.05, 0.1) is 39.1 Å². The first-order valence-electron chi connectivity index (χ1n) is 12.3. The molecule has 0 aliphatic carbocycles. The second-order valence-corrected chi connectivity index (χ2v) is 11.5. The number of imidazole rings is 1. The number of anilines is 1. The molecule has 0 saturated carbocycles. The van der Waals surface area contributed by atoms with Gasteiger partial charge in [0.1, 0.15) is 11.3 Å². The molecule has 2 aromatic carbocycles. The van der Waals surface area contributed by atoms with Crippen LogP contribution in [0.25, 0.3) is 21.6 Å². The molecule has 5 aromatic rings. The number of ether oxygens (including phenoxy) is 1. The van der Waals surface area contributed by atoms with Gasteiger partial charge in [0.2, 0.25) is 0 Å². The Morgan fingerprint density at radius 3 is 2.62 bits per heavy atom. The van der Waals surface area contributed by atoms with E-state index in [1.807, 2.05) is 32.0 Å². The Hall–Kier alpha value is -4.22. The minimum absolute atomic E-state index is 0.120. The lowest BCUT2D eigenvalue weighted by Crippen LogP contribution is -2.29. The Labute approximate surface area is 241 Å². The molecule has 2 N–H and O–H groups in total. The smallest absolute Gasteiger partial charge is 0.301 e. The fourth-order valence-electron chi connectivity index (χ4n) is 5.24. The van der Waals surface area contributed by atoms with Crippen LogP contribution in [0.4, 0.5) is 5.13 Å². The van der Waals surface area contributed by atoms with Crippen LogP contribution >= 0.6 is 27.3 Å². The second kappa shape index (κ2) is 9.46. The second-order valence-electron chi connectivity index (χ2n) is 9.62. The standard InChI is InChI=1S/C29H23BrN4O5S/c1-13-9-14(2)22-19(10-13)40-29(32-22)34-24(16-11-17(30)25(35)18(12-16)39-4)21(27(37)28(34)38)26(36)23-15(3)31-20-7-5-6-8-33(20)23/h5-12,24,35-36H,1-4H3. The van der Waals surface area contributed by atoms with E-state index in [1.165, 1.54) is 23.3 Å². The summed E-state index contributed by atoms with van der Waals surface area (Å²) in [6, 6.07) is 11.5. The first kappa shape index (κ1) is 26.0. The predicted molar refractivity (Wildman–Crippen MR) is 156 cm³/mol. The summed E-state index contributed by atoms with van der Waals surface area (Å²) in [6.45, 7) is 5.66. The molecule has 1 aliphatic heterocycles. The number of thiazole rings is 1. The van der Waals surface area contributed by atoms with Gasteiger partial charge in [-0.2, -0.15) is 0 Å². The van der Waals surface area contributed by atoms with E-state index in [4.69, 9.17) is 9.72 Å². The van der Waals surface area contributed by atoms with Crippen LogP contribution in [-0.2, 0) is 9.59 Å². The predicted octanol–water partition coefficient (Wildman–Crippen LogP) is 5.97. The molecule has 202 valence electrons. The van der Waals surface area contributed by atoms with Gasteiger partial charge in [0.25, 0.3) is 5.78 Å². The van der Waals surface area contributed by atoms with Crippen molar-refractivity contribution in [2.45, 2.75) is 26.8 Å². The number of benzene rings is 2. The number of phenolic OH excluding ortho intramolecular Hbond substituents is 1. The van der Waals surface area contributed by atoms with Crippen LogP contribution in [0.2, 0.25) is 0 Å². The van der Waals surface area contributed by atoms with Crippen LogP contribution in [0.5, 0.6) is 11.5 Å². The van der Waals surface area contributed by atoms with Crippen LogP contribution in [0.15, 0.2) is 58.7 Å². The van der Waals surface area contributed by atoms with E-state index in [-0.39, 0.29) is 22.8 Å². The summed E-state index contributed by atoms with van der Waals surface area (Å²) in [7, 11) is 1.41. The monoisotopic (exact) mass is 618 g/mol. The fourth-order valence-corrected chi connectivity index (χ4v) is 6.87. The number of methoxy groups -OCH3 is 1. The zero-order valence-electron chi connectivity index (χ0n) is 21.9. The van der Waals surface area contributed by atoms with E-state index < -0.39 is 17.7 Å². The van der Waals surface area contributed by atoms with Gasteiger partial charge >= 0.3 is 5.91 Å². The third-order valence-corrected chi connectivity index (χ3v) is 8.59. The van der Waals surface area contributed by atoms with E-state index in [0.29, 0.717) is 32.2 Å². The Balaban J connectivity index is 1.65. The summed E-state index contributed by atoms with van der Waals surface area (Å²) in [5.41, 5.74) is 4.41.